The number of aromatic nitrogens is 3. The Morgan fingerprint density at radius 2 is 2.26 bits per heavy atom. The minimum atomic E-state index is 0.582. The molecular weight excluding hydrogens is 236 g/mol. The van der Waals surface area contributed by atoms with Crippen molar-refractivity contribution in [2.45, 2.75) is 32.7 Å². The molecule has 2 aromatic heterocycles. The number of nitrogens with zero attached hydrogens (tertiary/aromatic N) is 2. The highest BCUT2D eigenvalue weighted by Gasteiger charge is 2.39. The Hall–Kier alpha value is -1.68. The van der Waals surface area contributed by atoms with Gasteiger partial charge in [0.15, 0.2) is 0 Å². The van der Waals surface area contributed by atoms with Gasteiger partial charge in [-0.2, -0.15) is 5.10 Å². The molecule has 1 fully saturated rings. The number of H-pyrrole nitrogens is 1. The Morgan fingerprint density at radius 3 is 2.95 bits per heavy atom. The standard InChI is InChI=1S/C15H20N4/c1-2-15(5-6-15)11-17-9-13-10-18-19-14(13)12-4-3-7-16-8-12/h3-4,7-8,10,17H,2,5-6,9,11H2,1H3,(H,18,19). The Labute approximate surface area is 113 Å². The average Bonchev–Trinajstić information content (AvgIpc) is 3.09. The van der Waals surface area contributed by atoms with Crippen molar-refractivity contribution in [3.63, 3.8) is 0 Å². The van der Waals surface area contributed by atoms with Crippen molar-refractivity contribution < 1.29 is 0 Å². The van der Waals surface area contributed by atoms with E-state index in [4.69, 9.17) is 0 Å². The quantitative estimate of drug-likeness (QED) is 0.835. The van der Waals surface area contributed by atoms with Crippen molar-refractivity contribution in [3.8, 4) is 11.3 Å². The number of aromatic amines is 1. The van der Waals surface area contributed by atoms with Crippen molar-refractivity contribution in [2.75, 3.05) is 6.54 Å². The topological polar surface area (TPSA) is 53.6 Å². The van der Waals surface area contributed by atoms with Gasteiger partial charge in [0.2, 0.25) is 0 Å². The Morgan fingerprint density at radius 1 is 1.37 bits per heavy atom. The van der Waals surface area contributed by atoms with Crippen molar-refractivity contribution in [1.29, 1.82) is 0 Å². The highest BCUT2D eigenvalue weighted by molar-refractivity contribution is 5.61. The molecule has 1 aliphatic carbocycles. The number of pyridine rings is 1. The number of hydrogen-bond acceptors (Lipinski definition) is 3. The van der Waals surface area contributed by atoms with Crippen LogP contribution >= 0.6 is 0 Å². The zero-order valence-corrected chi connectivity index (χ0v) is 11.3. The van der Waals surface area contributed by atoms with Gasteiger partial charge in [0.1, 0.15) is 0 Å². The molecule has 0 spiro atoms. The van der Waals surface area contributed by atoms with Crippen LogP contribution < -0.4 is 5.32 Å². The van der Waals surface area contributed by atoms with E-state index in [9.17, 15) is 0 Å². The fourth-order valence-corrected chi connectivity index (χ4v) is 2.50. The smallest absolute Gasteiger partial charge is 0.0710 e. The van der Waals surface area contributed by atoms with Gasteiger partial charge in [-0.15, -0.1) is 0 Å². The lowest BCUT2D eigenvalue weighted by Crippen LogP contribution is -2.23. The van der Waals surface area contributed by atoms with Gasteiger partial charge in [0.25, 0.3) is 0 Å². The molecule has 0 aromatic carbocycles. The minimum Gasteiger partial charge on any atom is -0.312 e. The predicted molar refractivity (Wildman–Crippen MR) is 75.5 cm³/mol. The third-order valence-corrected chi connectivity index (χ3v) is 4.19. The first-order valence-corrected chi connectivity index (χ1v) is 6.96. The summed E-state index contributed by atoms with van der Waals surface area (Å²) >= 11 is 0. The molecule has 19 heavy (non-hydrogen) atoms. The van der Waals surface area contributed by atoms with Crippen LogP contribution in [0.25, 0.3) is 11.3 Å². The molecule has 0 amide bonds. The molecule has 3 rings (SSSR count). The summed E-state index contributed by atoms with van der Waals surface area (Å²) in [5.41, 5.74) is 3.95. The Kier molecular flexibility index (Phi) is 3.34. The maximum Gasteiger partial charge on any atom is 0.0710 e. The molecule has 2 aromatic rings. The second-order valence-corrected chi connectivity index (χ2v) is 5.47. The number of rotatable bonds is 6. The molecule has 0 radical (unpaired) electrons. The summed E-state index contributed by atoms with van der Waals surface area (Å²) in [6.45, 7) is 4.26. The highest BCUT2D eigenvalue weighted by atomic mass is 15.1. The molecule has 4 heteroatoms. The highest BCUT2D eigenvalue weighted by Crippen LogP contribution is 2.47. The molecular formula is C15H20N4. The van der Waals surface area contributed by atoms with E-state index in [1.807, 2.05) is 18.5 Å². The largest absolute Gasteiger partial charge is 0.312 e. The van der Waals surface area contributed by atoms with Gasteiger partial charge in [-0.05, 0) is 36.8 Å². The van der Waals surface area contributed by atoms with Crippen molar-refractivity contribution in [1.82, 2.24) is 20.5 Å². The summed E-state index contributed by atoms with van der Waals surface area (Å²) in [4.78, 5) is 4.16. The second-order valence-electron chi connectivity index (χ2n) is 5.47. The lowest BCUT2D eigenvalue weighted by molar-refractivity contribution is 0.443. The molecule has 1 saturated carbocycles. The molecule has 100 valence electrons. The molecule has 4 nitrogen and oxygen atoms in total. The lowest BCUT2D eigenvalue weighted by atomic mass is 10.0. The molecule has 0 atom stereocenters. The zero-order chi connectivity index (χ0) is 13.1. The number of hydrogen-bond donors (Lipinski definition) is 2. The van der Waals surface area contributed by atoms with E-state index in [0.717, 1.165) is 24.3 Å². The first-order chi connectivity index (χ1) is 9.33. The van der Waals surface area contributed by atoms with Crippen LogP contribution in [0.5, 0.6) is 0 Å². The summed E-state index contributed by atoms with van der Waals surface area (Å²) in [7, 11) is 0. The minimum absolute atomic E-state index is 0.582. The molecule has 0 bridgehead atoms. The van der Waals surface area contributed by atoms with E-state index in [1.165, 1.54) is 24.8 Å². The molecule has 0 aliphatic heterocycles. The number of nitrogens with one attached hydrogen (secondary N) is 2. The van der Waals surface area contributed by atoms with Gasteiger partial charge >= 0.3 is 0 Å². The van der Waals surface area contributed by atoms with Gasteiger partial charge in [0.05, 0.1) is 11.9 Å². The average molecular weight is 256 g/mol. The summed E-state index contributed by atoms with van der Waals surface area (Å²) in [5, 5.41) is 10.8. The first-order valence-electron chi connectivity index (χ1n) is 6.96. The fourth-order valence-electron chi connectivity index (χ4n) is 2.50. The van der Waals surface area contributed by atoms with Crippen LogP contribution in [0, 0.1) is 5.41 Å². The normalized spacial score (nSPS) is 16.5. The Bertz CT molecular complexity index is 528. The van der Waals surface area contributed by atoms with Gasteiger partial charge in [0, 0.05) is 36.6 Å². The molecule has 0 unspecified atom stereocenters. The maximum atomic E-state index is 4.16. The van der Waals surface area contributed by atoms with E-state index in [-0.39, 0.29) is 0 Å². The van der Waals surface area contributed by atoms with E-state index >= 15 is 0 Å². The molecule has 2 N–H and O–H groups in total. The molecule has 0 saturated heterocycles. The van der Waals surface area contributed by atoms with Crippen LogP contribution in [-0.4, -0.2) is 21.7 Å². The molecule has 1 aliphatic rings. The first kappa shape index (κ1) is 12.4. The SMILES string of the molecule is CCC1(CNCc2cn[nH]c2-c2cccnc2)CC1. The van der Waals surface area contributed by atoms with E-state index in [2.05, 4.69) is 33.5 Å². The van der Waals surface area contributed by atoms with E-state index in [1.54, 1.807) is 6.20 Å². The third kappa shape index (κ3) is 2.68. The van der Waals surface area contributed by atoms with Crippen LogP contribution in [0.1, 0.15) is 31.7 Å². The van der Waals surface area contributed by atoms with Crippen LogP contribution in [0.3, 0.4) is 0 Å². The predicted octanol–water partition coefficient (Wildman–Crippen LogP) is 2.75. The lowest BCUT2D eigenvalue weighted by Gasteiger charge is -2.13. The second kappa shape index (κ2) is 5.13. The van der Waals surface area contributed by atoms with Gasteiger partial charge < -0.3 is 5.32 Å². The van der Waals surface area contributed by atoms with E-state index in [0.29, 0.717) is 5.41 Å². The summed E-state index contributed by atoms with van der Waals surface area (Å²) in [6, 6.07) is 4.00. The van der Waals surface area contributed by atoms with E-state index < -0.39 is 0 Å². The van der Waals surface area contributed by atoms with Crippen LogP contribution in [0.2, 0.25) is 0 Å². The summed E-state index contributed by atoms with van der Waals surface area (Å²) < 4.78 is 0. The fraction of sp³-hybridized carbons (Fsp3) is 0.467. The van der Waals surface area contributed by atoms with Crippen LogP contribution in [0.4, 0.5) is 0 Å². The van der Waals surface area contributed by atoms with Crippen molar-refractivity contribution in [2.24, 2.45) is 5.41 Å². The van der Waals surface area contributed by atoms with Gasteiger partial charge in [-0.25, -0.2) is 0 Å². The maximum absolute atomic E-state index is 4.16. The van der Waals surface area contributed by atoms with Crippen molar-refractivity contribution >= 4 is 0 Å². The molecule has 2 heterocycles. The Balaban J connectivity index is 1.64. The third-order valence-electron chi connectivity index (χ3n) is 4.19. The summed E-state index contributed by atoms with van der Waals surface area (Å²) in [5.74, 6) is 0. The summed E-state index contributed by atoms with van der Waals surface area (Å²) in [6.07, 6.45) is 9.58. The van der Waals surface area contributed by atoms with Crippen molar-refractivity contribution in [3.05, 3.63) is 36.3 Å². The monoisotopic (exact) mass is 256 g/mol. The zero-order valence-electron chi connectivity index (χ0n) is 11.3. The van der Waals surface area contributed by atoms with Crippen LogP contribution in [0.15, 0.2) is 30.7 Å². The van der Waals surface area contributed by atoms with Crippen LogP contribution in [-0.2, 0) is 6.54 Å². The van der Waals surface area contributed by atoms with Gasteiger partial charge in [-0.3, -0.25) is 10.1 Å². The van der Waals surface area contributed by atoms with Gasteiger partial charge in [-0.1, -0.05) is 6.92 Å².